The molecule has 2 atom stereocenters. The number of aliphatic hydroxyl groups is 1. The molecule has 0 rings (SSSR count). The van der Waals surface area contributed by atoms with Gasteiger partial charge in [-0.15, -0.1) is 0 Å². The van der Waals surface area contributed by atoms with Gasteiger partial charge in [0, 0.05) is 12.6 Å². The number of hydrogen-bond acceptors (Lipinski definition) is 4. The molecular weight excluding hydrogens is 239 g/mol. The number of ether oxygens (including phenoxy) is 1. The average Bonchev–Trinajstić information content (AvgIpc) is 2.12. The van der Waals surface area contributed by atoms with Crippen LogP contribution in [0.1, 0.15) is 26.7 Å². The van der Waals surface area contributed by atoms with Gasteiger partial charge in [-0.3, -0.25) is 4.79 Å². The van der Waals surface area contributed by atoms with Gasteiger partial charge >= 0.3 is 12.1 Å². The second-order valence-electron chi connectivity index (χ2n) is 3.79. The number of carbonyl (C=O) groups excluding carboxylic acids is 1. The fourth-order valence-electron chi connectivity index (χ4n) is 1.24. The summed E-state index contributed by atoms with van der Waals surface area (Å²) < 4.78 is 40.5. The first kappa shape index (κ1) is 16.2. The second kappa shape index (κ2) is 7.50. The van der Waals surface area contributed by atoms with E-state index in [1.165, 1.54) is 6.92 Å². The molecule has 0 heterocycles. The van der Waals surface area contributed by atoms with E-state index in [9.17, 15) is 23.1 Å². The Hall–Kier alpha value is -0.820. The second-order valence-corrected chi connectivity index (χ2v) is 3.79. The third-order valence-corrected chi connectivity index (χ3v) is 1.95. The largest absolute Gasteiger partial charge is 0.466 e. The fourth-order valence-corrected chi connectivity index (χ4v) is 1.24. The number of carbonyl (C=O) groups is 1. The van der Waals surface area contributed by atoms with Gasteiger partial charge in [0.25, 0.3) is 0 Å². The predicted octanol–water partition coefficient (Wildman–Crippen LogP) is 1.23. The normalized spacial score (nSPS) is 15.4. The molecule has 0 aliphatic rings. The average molecular weight is 257 g/mol. The van der Waals surface area contributed by atoms with E-state index in [4.69, 9.17) is 0 Å². The maximum absolute atomic E-state index is 12.0. The maximum Gasteiger partial charge on any atom is 0.390 e. The van der Waals surface area contributed by atoms with Crippen molar-refractivity contribution < 1.29 is 27.8 Å². The van der Waals surface area contributed by atoms with Crippen molar-refractivity contribution in [3.63, 3.8) is 0 Å². The van der Waals surface area contributed by atoms with E-state index < -0.39 is 30.7 Å². The maximum atomic E-state index is 12.0. The molecule has 17 heavy (non-hydrogen) atoms. The molecule has 0 saturated carbocycles. The van der Waals surface area contributed by atoms with Gasteiger partial charge in [-0.2, -0.15) is 13.2 Å². The summed E-state index contributed by atoms with van der Waals surface area (Å²) in [5.41, 5.74) is 0. The minimum Gasteiger partial charge on any atom is -0.466 e. The summed E-state index contributed by atoms with van der Waals surface area (Å²) in [6.45, 7) is 3.14. The first-order valence-electron chi connectivity index (χ1n) is 5.38. The van der Waals surface area contributed by atoms with Gasteiger partial charge < -0.3 is 15.2 Å². The van der Waals surface area contributed by atoms with Crippen LogP contribution in [0, 0.1) is 0 Å². The standard InChI is InChI=1S/C10H18F3NO3/c1-3-17-9(16)4-8(15)6-14-7(2)5-10(11,12)13/h7-8,14-15H,3-6H2,1-2H3. The zero-order valence-electron chi connectivity index (χ0n) is 9.88. The highest BCUT2D eigenvalue weighted by molar-refractivity contribution is 5.69. The number of nitrogens with one attached hydrogen (secondary N) is 1. The Labute approximate surface area is 98.1 Å². The number of esters is 1. The molecule has 0 amide bonds. The first-order chi connectivity index (χ1) is 7.74. The third kappa shape index (κ3) is 10.1. The number of aliphatic hydroxyl groups excluding tert-OH is 1. The lowest BCUT2D eigenvalue weighted by molar-refractivity contribution is -0.146. The SMILES string of the molecule is CCOC(=O)CC(O)CNC(C)CC(F)(F)F. The summed E-state index contributed by atoms with van der Waals surface area (Å²) in [5.74, 6) is -0.565. The van der Waals surface area contributed by atoms with Crippen LogP contribution in [0.25, 0.3) is 0 Å². The van der Waals surface area contributed by atoms with Crippen LogP contribution in [0.5, 0.6) is 0 Å². The monoisotopic (exact) mass is 257 g/mol. The van der Waals surface area contributed by atoms with Gasteiger partial charge in [-0.1, -0.05) is 0 Å². The molecule has 2 unspecified atom stereocenters. The van der Waals surface area contributed by atoms with Crippen LogP contribution in [0.4, 0.5) is 13.2 Å². The van der Waals surface area contributed by atoms with Crippen LogP contribution in [0.2, 0.25) is 0 Å². The first-order valence-corrected chi connectivity index (χ1v) is 5.38. The molecule has 2 N–H and O–H groups in total. The van der Waals surface area contributed by atoms with Crippen LogP contribution in [0.3, 0.4) is 0 Å². The van der Waals surface area contributed by atoms with Gasteiger partial charge in [-0.05, 0) is 13.8 Å². The van der Waals surface area contributed by atoms with Crippen LogP contribution < -0.4 is 5.32 Å². The summed E-state index contributed by atoms with van der Waals surface area (Å²) in [6, 6.07) is -0.799. The molecule has 0 saturated heterocycles. The lowest BCUT2D eigenvalue weighted by Crippen LogP contribution is -2.37. The Balaban J connectivity index is 3.76. The molecule has 102 valence electrons. The summed E-state index contributed by atoms with van der Waals surface area (Å²) in [5, 5.41) is 11.9. The number of halogens is 3. The smallest absolute Gasteiger partial charge is 0.390 e. The van der Waals surface area contributed by atoms with Gasteiger partial charge in [0.1, 0.15) is 0 Å². The highest BCUT2D eigenvalue weighted by Crippen LogP contribution is 2.21. The summed E-state index contributed by atoms with van der Waals surface area (Å²) in [4.78, 5) is 10.9. The Morgan fingerprint density at radius 2 is 2.06 bits per heavy atom. The van der Waals surface area contributed by atoms with Crippen molar-refractivity contribution >= 4 is 5.97 Å². The van der Waals surface area contributed by atoms with E-state index in [2.05, 4.69) is 10.1 Å². The minimum atomic E-state index is -4.24. The van der Waals surface area contributed by atoms with Crippen molar-refractivity contribution in [2.75, 3.05) is 13.2 Å². The van der Waals surface area contributed by atoms with Crippen molar-refractivity contribution in [1.29, 1.82) is 0 Å². The summed E-state index contributed by atoms with van der Waals surface area (Å²) in [6.07, 6.45) is -6.47. The van der Waals surface area contributed by atoms with Crippen molar-refractivity contribution in [2.24, 2.45) is 0 Å². The highest BCUT2D eigenvalue weighted by Gasteiger charge is 2.29. The van der Waals surface area contributed by atoms with Crippen LogP contribution in [-0.2, 0) is 9.53 Å². The van der Waals surface area contributed by atoms with Crippen LogP contribution >= 0.6 is 0 Å². The van der Waals surface area contributed by atoms with Gasteiger partial charge in [0.15, 0.2) is 0 Å². The molecule has 7 heteroatoms. The molecule has 0 aromatic carbocycles. The molecule has 4 nitrogen and oxygen atoms in total. The number of hydrogen-bond donors (Lipinski definition) is 2. The topological polar surface area (TPSA) is 58.6 Å². The van der Waals surface area contributed by atoms with E-state index in [0.29, 0.717) is 0 Å². The highest BCUT2D eigenvalue weighted by atomic mass is 19.4. The van der Waals surface area contributed by atoms with Crippen LogP contribution in [-0.4, -0.2) is 42.5 Å². The number of alkyl halides is 3. The van der Waals surface area contributed by atoms with E-state index in [1.807, 2.05) is 0 Å². The lowest BCUT2D eigenvalue weighted by Gasteiger charge is -2.18. The molecule has 0 aromatic heterocycles. The molecule has 0 aromatic rings. The molecule has 0 fully saturated rings. The molecule has 0 aliphatic carbocycles. The minimum absolute atomic E-state index is 0.0734. The molecule has 0 bridgehead atoms. The molecule has 0 radical (unpaired) electrons. The van der Waals surface area contributed by atoms with E-state index >= 15 is 0 Å². The van der Waals surface area contributed by atoms with Gasteiger partial charge in [0.2, 0.25) is 0 Å². The number of rotatable bonds is 7. The Kier molecular flexibility index (Phi) is 7.13. The predicted molar refractivity (Wildman–Crippen MR) is 55.4 cm³/mol. The zero-order chi connectivity index (χ0) is 13.5. The van der Waals surface area contributed by atoms with Crippen molar-refractivity contribution in [3.8, 4) is 0 Å². The Morgan fingerprint density at radius 3 is 2.53 bits per heavy atom. The van der Waals surface area contributed by atoms with E-state index in [1.54, 1.807) is 6.92 Å². The van der Waals surface area contributed by atoms with Gasteiger partial charge in [-0.25, -0.2) is 0 Å². The quantitative estimate of drug-likeness (QED) is 0.673. The third-order valence-electron chi connectivity index (χ3n) is 1.95. The molecule has 0 aliphatic heterocycles. The van der Waals surface area contributed by atoms with Crippen molar-refractivity contribution in [1.82, 2.24) is 5.32 Å². The van der Waals surface area contributed by atoms with E-state index in [0.717, 1.165) is 0 Å². The fraction of sp³-hybridized carbons (Fsp3) is 0.900. The molecule has 0 spiro atoms. The van der Waals surface area contributed by atoms with Crippen molar-refractivity contribution in [2.45, 2.75) is 45.0 Å². The van der Waals surface area contributed by atoms with E-state index in [-0.39, 0.29) is 19.6 Å². The lowest BCUT2D eigenvalue weighted by atomic mass is 10.2. The zero-order valence-corrected chi connectivity index (χ0v) is 9.88. The Morgan fingerprint density at radius 1 is 1.47 bits per heavy atom. The Bertz CT molecular complexity index is 233. The van der Waals surface area contributed by atoms with Crippen molar-refractivity contribution in [3.05, 3.63) is 0 Å². The van der Waals surface area contributed by atoms with Gasteiger partial charge in [0.05, 0.1) is 25.6 Å². The van der Waals surface area contributed by atoms with Crippen LogP contribution in [0.15, 0.2) is 0 Å². The molecular formula is C10H18F3NO3. The summed E-state index contributed by atoms with van der Waals surface area (Å²) >= 11 is 0. The summed E-state index contributed by atoms with van der Waals surface area (Å²) in [7, 11) is 0.